The van der Waals surface area contributed by atoms with Crippen molar-refractivity contribution in [3.63, 3.8) is 0 Å². The van der Waals surface area contributed by atoms with Gasteiger partial charge in [-0.1, -0.05) is 12.1 Å². The van der Waals surface area contributed by atoms with Gasteiger partial charge >= 0.3 is 0 Å². The van der Waals surface area contributed by atoms with Gasteiger partial charge in [0.2, 0.25) is 11.8 Å². The molecule has 1 aliphatic rings. The Hall–Kier alpha value is -2.08. The number of carbonyl (C=O) groups excluding carboxylic acids is 2. The van der Waals surface area contributed by atoms with Crippen molar-refractivity contribution in [1.29, 1.82) is 0 Å². The van der Waals surface area contributed by atoms with Crippen molar-refractivity contribution in [3.8, 4) is 0 Å². The summed E-state index contributed by atoms with van der Waals surface area (Å²) >= 11 is 0. The number of rotatable bonds is 4. The second-order valence-corrected chi connectivity index (χ2v) is 5.74. The zero-order valence-electron chi connectivity index (χ0n) is 12.5. The van der Waals surface area contributed by atoms with E-state index < -0.39 is 5.41 Å². The fraction of sp³-hybridized carbons (Fsp3) is 0.467. The molecular formula is C15H22N4O2. The van der Waals surface area contributed by atoms with Crippen molar-refractivity contribution in [3.05, 3.63) is 24.3 Å². The van der Waals surface area contributed by atoms with Gasteiger partial charge in [0.25, 0.3) is 0 Å². The number of amides is 2. The minimum atomic E-state index is -0.416. The van der Waals surface area contributed by atoms with Crippen LogP contribution in [-0.2, 0) is 9.59 Å². The fourth-order valence-corrected chi connectivity index (χ4v) is 2.68. The van der Waals surface area contributed by atoms with Gasteiger partial charge < -0.3 is 16.4 Å². The van der Waals surface area contributed by atoms with Crippen molar-refractivity contribution in [1.82, 2.24) is 10.2 Å². The summed E-state index contributed by atoms with van der Waals surface area (Å²) in [4.78, 5) is 25.9. The van der Waals surface area contributed by atoms with E-state index >= 15 is 0 Å². The number of para-hydroxylation sites is 2. The molecule has 4 N–H and O–H groups in total. The molecule has 1 saturated heterocycles. The van der Waals surface area contributed by atoms with Crippen LogP contribution in [0, 0.1) is 5.41 Å². The Morgan fingerprint density at radius 2 is 2.10 bits per heavy atom. The van der Waals surface area contributed by atoms with Gasteiger partial charge in [0.05, 0.1) is 23.3 Å². The number of nitrogens with one attached hydrogen (secondary N) is 2. The van der Waals surface area contributed by atoms with Gasteiger partial charge in [-0.2, -0.15) is 0 Å². The van der Waals surface area contributed by atoms with Gasteiger partial charge in [0.15, 0.2) is 0 Å². The Bertz CT molecular complexity index is 546. The lowest BCUT2D eigenvalue weighted by Gasteiger charge is -2.22. The highest BCUT2D eigenvalue weighted by Crippen LogP contribution is 2.29. The Kier molecular flexibility index (Phi) is 4.47. The van der Waals surface area contributed by atoms with Crippen molar-refractivity contribution >= 4 is 23.2 Å². The summed E-state index contributed by atoms with van der Waals surface area (Å²) in [6.45, 7) is 3.52. The van der Waals surface area contributed by atoms with Crippen LogP contribution < -0.4 is 16.4 Å². The average Bonchev–Trinajstić information content (AvgIpc) is 2.83. The van der Waals surface area contributed by atoms with Gasteiger partial charge in [-0.25, -0.2) is 0 Å². The molecule has 1 atom stereocenters. The zero-order valence-corrected chi connectivity index (χ0v) is 12.5. The summed E-state index contributed by atoms with van der Waals surface area (Å²) in [7, 11) is 1.64. The highest BCUT2D eigenvalue weighted by molar-refractivity contribution is 5.95. The normalized spacial score (nSPS) is 22.0. The summed E-state index contributed by atoms with van der Waals surface area (Å²) in [6.07, 6.45) is 0.757. The van der Waals surface area contributed by atoms with E-state index in [2.05, 4.69) is 10.6 Å². The van der Waals surface area contributed by atoms with Crippen molar-refractivity contribution in [2.24, 2.45) is 5.41 Å². The van der Waals surface area contributed by atoms with Crippen LogP contribution >= 0.6 is 0 Å². The summed E-state index contributed by atoms with van der Waals surface area (Å²) < 4.78 is 0. The second-order valence-electron chi connectivity index (χ2n) is 5.74. The molecule has 1 aromatic rings. The van der Waals surface area contributed by atoms with Crippen LogP contribution in [0.5, 0.6) is 0 Å². The van der Waals surface area contributed by atoms with Crippen LogP contribution in [0.1, 0.15) is 13.3 Å². The van der Waals surface area contributed by atoms with E-state index in [1.54, 1.807) is 19.2 Å². The highest BCUT2D eigenvalue weighted by atomic mass is 16.2. The van der Waals surface area contributed by atoms with Crippen LogP contribution in [0.2, 0.25) is 0 Å². The Labute approximate surface area is 124 Å². The molecule has 2 rings (SSSR count). The average molecular weight is 290 g/mol. The van der Waals surface area contributed by atoms with E-state index in [1.165, 1.54) is 0 Å². The van der Waals surface area contributed by atoms with Crippen molar-refractivity contribution < 1.29 is 9.59 Å². The molecule has 1 aromatic carbocycles. The molecule has 114 valence electrons. The maximum absolute atomic E-state index is 12.1. The molecule has 0 aliphatic carbocycles. The minimum Gasteiger partial charge on any atom is -0.397 e. The molecule has 0 radical (unpaired) electrons. The summed E-state index contributed by atoms with van der Waals surface area (Å²) in [5.74, 6) is -0.0910. The van der Waals surface area contributed by atoms with E-state index in [0.29, 0.717) is 17.9 Å². The lowest BCUT2D eigenvalue weighted by atomic mass is 9.89. The van der Waals surface area contributed by atoms with Crippen LogP contribution in [0.4, 0.5) is 11.4 Å². The third-order valence-electron chi connectivity index (χ3n) is 3.93. The zero-order chi connectivity index (χ0) is 15.5. The number of anilines is 2. The molecule has 1 aliphatic heterocycles. The molecule has 0 spiro atoms. The van der Waals surface area contributed by atoms with E-state index in [-0.39, 0.29) is 18.4 Å². The lowest BCUT2D eigenvalue weighted by molar-refractivity contribution is -0.129. The summed E-state index contributed by atoms with van der Waals surface area (Å²) in [6, 6.07) is 7.16. The van der Waals surface area contributed by atoms with Crippen LogP contribution in [0.15, 0.2) is 24.3 Å². The minimum absolute atomic E-state index is 0.0257. The van der Waals surface area contributed by atoms with Gasteiger partial charge in [-0.3, -0.25) is 14.5 Å². The number of hydrogen-bond acceptors (Lipinski definition) is 4. The SMILES string of the molecule is CNC(=O)C1(C)CCN(CC(=O)Nc2ccccc2N)C1. The fourth-order valence-electron chi connectivity index (χ4n) is 2.68. The van der Waals surface area contributed by atoms with E-state index in [9.17, 15) is 9.59 Å². The number of carbonyl (C=O) groups is 2. The van der Waals surface area contributed by atoms with E-state index in [1.807, 2.05) is 24.0 Å². The molecule has 0 saturated carbocycles. The first-order valence-electron chi connectivity index (χ1n) is 7.03. The van der Waals surface area contributed by atoms with E-state index in [4.69, 9.17) is 5.73 Å². The van der Waals surface area contributed by atoms with Crippen molar-refractivity contribution in [2.45, 2.75) is 13.3 Å². The van der Waals surface area contributed by atoms with Gasteiger partial charge in [0.1, 0.15) is 0 Å². The standard InChI is InChI=1S/C15H22N4O2/c1-15(14(21)17-2)7-8-19(10-15)9-13(20)18-12-6-4-3-5-11(12)16/h3-6H,7-10,16H2,1-2H3,(H,17,21)(H,18,20). The van der Waals surface area contributed by atoms with Crippen molar-refractivity contribution in [2.75, 3.05) is 37.7 Å². The number of nitrogens with two attached hydrogens (primary N) is 1. The maximum Gasteiger partial charge on any atom is 0.238 e. The first-order chi connectivity index (χ1) is 9.94. The van der Waals surface area contributed by atoms with Crippen LogP contribution in [-0.4, -0.2) is 43.4 Å². The molecule has 6 heteroatoms. The molecule has 2 amide bonds. The number of benzene rings is 1. The highest BCUT2D eigenvalue weighted by Gasteiger charge is 2.40. The molecular weight excluding hydrogens is 268 g/mol. The molecule has 0 aromatic heterocycles. The Balaban J connectivity index is 1.90. The monoisotopic (exact) mass is 290 g/mol. The maximum atomic E-state index is 12.1. The van der Waals surface area contributed by atoms with Gasteiger partial charge in [-0.05, 0) is 32.0 Å². The first-order valence-corrected chi connectivity index (χ1v) is 7.03. The van der Waals surface area contributed by atoms with Crippen LogP contribution in [0.3, 0.4) is 0 Å². The number of nitrogen functional groups attached to an aromatic ring is 1. The third kappa shape index (κ3) is 3.52. The molecule has 6 nitrogen and oxygen atoms in total. The molecule has 1 fully saturated rings. The number of hydrogen-bond donors (Lipinski definition) is 3. The third-order valence-corrected chi connectivity index (χ3v) is 3.93. The molecule has 1 heterocycles. The summed E-state index contributed by atoms with van der Waals surface area (Å²) in [5, 5.41) is 5.49. The van der Waals surface area contributed by atoms with Crippen LogP contribution in [0.25, 0.3) is 0 Å². The van der Waals surface area contributed by atoms with Gasteiger partial charge in [-0.15, -0.1) is 0 Å². The summed E-state index contributed by atoms with van der Waals surface area (Å²) in [5.41, 5.74) is 6.55. The topological polar surface area (TPSA) is 87.5 Å². The predicted molar refractivity (Wildman–Crippen MR) is 82.7 cm³/mol. The first kappa shape index (κ1) is 15.3. The lowest BCUT2D eigenvalue weighted by Crippen LogP contribution is -2.40. The quantitative estimate of drug-likeness (QED) is 0.711. The Morgan fingerprint density at radius 3 is 2.76 bits per heavy atom. The molecule has 0 bridgehead atoms. The Morgan fingerprint density at radius 1 is 1.38 bits per heavy atom. The van der Waals surface area contributed by atoms with Gasteiger partial charge in [0, 0.05) is 13.6 Å². The number of likely N-dealkylation sites (tertiary alicyclic amines) is 1. The predicted octanol–water partition coefficient (Wildman–Crippen LogP) is 0.665. The number of nitrogens with zero attached hydrogens (tertiary/aromatic N) is 1. The molecule has 1 unspecified atom stereocenters. The van der Waals surface area contributed by atoms with E-state index in [0.717, 1.165) is 13.0 Å². The molecule has 21 heavy (non-hydrogen) atoms. The second kappa shape index (κ2) is 6.13. The smallest absolute Gasteiger partial charge is 0.238 e. The largest absolute Gasteiger partial charge is 0.397 e.